The molecule has 0 saturated heterocycles. The van der Waals surface area contributed by atoms with Gasteiger partial charge >= 0.3 is 51.5 Å². The number of carboxylic acid groups (broad SMARTS) is 1. The van der Waals surface area contributed by atoms with Crippen molar-refractivity contribution < 1.29 is 100 Å². The van der Waals surface area contributed by atoms with Crippen molar-refractivity contribution >= 4 is 62.2 Å². The lowest BCUT2D eigenvalue weighted by molar-refractivity contribution is -0.136. The minimum atomic E-state index is -6.75. The zero-order valence-electron chi connectivity index (χ0n) is 18.2. The molecule has 0 radical (unpaired) electrons. The number of carboxylic acids is 1. The first-order valence-corrected chi connectivity index (χ1v) is 18.6. The molecule has 5 unspecified atom stereocenters. The van der Waals surface area contributed by atoms with Crippen LogP contribution in [-0.4, -0.2) is 75.8 Å². The Morgan fingerprint density at radius 3 is 1.74 bits per heavy atom. The number of phenols is 2. The molecule has 1 aromatic rings. The third-order valence-electron chi connectivity index (χ3n) is 4.41. The van der Waals surface area contributed by atoms with Crippen LogP contribution in [0.4, 0.5) is 0 Å². The van der Waals surface area contributed by atoms with Crippen LogP contribution >= 0.6 is 45.6 Å². The van der Waals surface area contributed by atoms with Crippen molar-refractivity contribution in [1.29, 1.82) is 0 Å². The van der Waals surface area contributed by atoms with Crippen LogP contribution in [0.25, 0.3) is 0 Å². The van der Waals surface area contributed by atoms with Crippen molar-refractivity contribution in [3.05, 3.63) is 12.1 Å². The second kappa shape index (κ2) is 10.9. The van der Waals surface area contributed by atoms with Crippen LogP contribution in [-0.2, 0) is 41.0 Å². The van der Waals surface area contributed by atoms with Crippen LogP contribution < -0.4 is 10.6 Å². The van der Waals surface area contributed by atoms with E-state index in [1.54, 1.807) is 0 Å². The van der Waals surface area contributed by atoms with Gasteiger partial charge in [-0.2, -0.15) is 0 Å². The first kappa shape index (κ1) is 35.3. The van der Waals surface area contributed by atoms with E-state index in [2.05, 4.69) is 8.83 Å². The van der Waals surface area contributed by atoms with Gasteiger partial charge in [0.2, 0.25) is 0 Å². The van der Waals surface area contributed by atoms with Gasteiger partial charge in [-0.25, -0.2) is 4.31 Å². The average Bonchev–Trinajstić information content (AvgIpc) is 2.63. The predicted molar refractivity (Wildman–Crippen MR) is 121 cm³/mol. The fraction of sp³-hybridized carbons (Fsp3) is 0.364. The highest BCUT2D eigenvalue weighted by Crippen LogP contribution is 2.80. The van der Waals surface area contributed by atoms with E-state index in [-0.39, 0.29) is 19.1 Å². The monoisotopic (exact) mass is 674 g/mol. The molecule has 38 heavy (non-hydrogen) atoms. The Morgan fingerprint density at radius 2 is 1.37 bits per heavy atom. The largest absolute Gasteiger partial charge is 0.504 e. The smallest absolute Gasteiger partial charge is 0.379 e. The molecule has 0 bridgehead atoms. The Labute approximate surface area is 210 Å². The fourth-order valence-electron chi connectivity index (χ4n) is 2.40. The Hall–Kier alpha value is -0.770. The van der Waals surface area contributed by atoms with Gasteiger partial charge in [-0.15, -0.1) is 0 Å². The molecule has 27 heteroatoms. The van der Waals surface area contributed by atoms with E-state index in [0.717, 1.165) is 0 Å². The number of carbonyl (C=O) groups is 1. The van der Waals surface area contributed by atoms with E-state index < -0.39 is 90.6 Å². The summed E-state index contributed by atoms with van der Waals surface area (Å²) < 4.78 is 81.1. The Balaban J connectivity index is 3.78. The van der Waals surface area contributed by atoms with Crippen molar-refractivity contribution in [2.75, 3.05) is 0 Å². The van der Waals surface area contributed by atoms with Gasteiger partial charge in [-0.05, 0) is 19.1 Å². The summed E-state index contributed by atoms with van der Waals surface area (Å²) >= 11 is 0. The lowest BCUT2D eigenvalue weighted by atomic mass is 10.3. The van der Waals surface area contributed by atoms with Crippen LogP contribution in [0.5, 0.6) is 11.5 Å². The number of hydrogen-bond acceptors (Lipinski definition) is 11. The quantitative estimate of drug-likeness (QED) is 0.0928. The standard InChI is InChI=1S/C11H20O21P6/c1-11(37(26,27)28,31-36(24,25)9(4-8(13)14)34(19,20)21)38(29,30)32-35(22,23)7-3-5(33(16,17)18)2-6(12)10(7)15/h2-3,9,12,15H,4H2,1H3,(H,13,14)(H,22,23)(H,24,25)(H,29,30)(H2,16,17,18)(H2,19,20,21)(H2,26,27,28). The SMILES string of the molecule is CC(OP(=O)(O)C(CC(=O)O)P(=O)(O)O)(P(=O)(O)O)P(=O)(O)OP(=O)(O)c1cc(P(=O)(O)O)cc(O)c1O. The summed E-state index contributed by atoms with van der Waals surface area (Å²) in [5.41, 5.74) is 0. The zero-order chi connectivity index (χ0) is 30.5. The molecule has 0 heterocycles. The Kier molecular flexibility index (Phi) is 10.1. The number of hydrogen-bond donors (Lipinski definition) is 12. The molecule has 1 aromatic carbocycles. The minimum absolute atomic E-state index is 0.0140. The second-order valence-electron chi connectivity index (χ2n) is 7.30. The summed E-state index contributed by atoms with van der Waals surface area (Å²) in [5.74, 6) is -5.35. The molecule has 0 saturated carbocycles. The molecule has 220 valence electrons. The van der Waals surface area contributed by atoms with E-state index in [0.29, 0.717) is 0 Å². The Bertz CT molecular complexity index is 1400. The normalized spacial score (nSPS) is 20.4. The maximum atomic E-state index is 12.9. The number of rotatable bonds is 12. The number of phenolic OH excluding ortho intramolecular Hbond substituents is 2. The molecule has 12 N–H and O–H groups in total. The van der Waals surface area contributed by atoms with Gasteiger partial charge in [0.05, 0.1) is 11.7 Å². The van der Waals surface area contributed by atoms with E-state index in [4.69, 9.17) is 5.11 Å². The summed E-state index contributed by atoms with van der Waals surface area (Å²) in [6.45, 7) is -0.196. The number of aliphatic carboxylic acids is 1. The second-order valence-corrected chi connectivity index (χ2v) is 19.4. The van der Waals surface area contributed by atoms with Gasteiger partial charge in [-0.1, -0.05) is 0 Å². The fourth-order valence-corrected chi connectivity index (χ4v) is 12.2. The molecular formula is C11H20O21P6. The van der Waals surface area contributed by atoms with Crippen LogP contribution in [0.3, 0.4) is 0 Å². The summed E-state index contributed by atoms with van der Waals surface area (Å²) in [5, 5.41) is 17.4. The third kappa shape index (κ3) is 7.70. The summed E-state index contributed by atoms with van der Waals surface area (Å²) in [4.78, 5) is 97.2. The van der Waals surface area contributed by atoms with Gasteiger partial charge in [0.15, 0.2) is 16.9 Å². The minimum Gasteiger partial charge on any atom is -0.504 e. The summed E-state index contributed by atoms with van der Waals surface area (Å²) in [6.07, 6.45) is -1.90. The molecule has 5 atom stereocenters. The van der Waals surface area contributed by atoms with E-state index in [1.807, 2.05) is 0 Å². The first-order chi connectivity index (χ1) is 16.5. The highest BCUT2D eigenvalue weighted by atomic mass is 31.3. The van der Waals surface area contributed by atoms with Gasteiger partial charge in [0, 0.05) is 0 Å². The van der Waals surface area contributed by atoms with E-state index in [1.165, 1.54) is 0 Å². The number of aromatic hydroxyl groups is 2. The number of benzene rings is 1. The Morgan fingerprint density at radius 1 is 0.895 bits per heavy atom. The molecule has 0 aliphatic rings. The van der Waals surface area contributed by atoms with Crippen LogP contribution in [0.2, 0.25) is 0 Å². The highest BCUT2D eigenvalue weighted by molar-refractivity contribution is 7.79. The third-order valence-corrected chi connectivity index (χ3v) is 16.5. The van der Waals surface area contributed by atoms with Crippen molar-refractivity contribution in [3.63, 3.8) is 0 Å². The van der Waals surface area contributed by atoms with Crippen molar-refractivity contribution in [1.82, 2.24) is 0 Å². The zero-order valence-corrected chi connectivity index (χ0v) is 23.5. The van der Waals surface area contributed by atoms with Gasteiger partial charge in [0.1, 0.15) is 5.30 Å². The predicted octanol–water partition coefficient (Wildman–Crippen LogP) is -1.05. The van der Waals surface area contributed by atoms with Gasteiger partial charge < -0.3 is 59.4 Å². The average molecular weight is 674 g/mol. The van der Waals surface area contributed by atoms with Gasteiger partial charge in [0.25, 0.3) is 5.08 Å². The van der Waals surface area contributed by atoms with Gasteiger partial charge in [-0.3, -0.25) is 36.7 Å². The molecule has 0 fully saturated rings. The van der Waals surface area contributed by atoms with E-state index in [9.17, 15) is 86.4 Å². The molecule has 0 aromatic heterocycles. The lowest BCUT2D eigenvalue weighted by Gasteiger charge is -2.36. The van der Waals surface area contributed by atoms with E-state index >= 15 is 0 Å². The van der Waals surface area contributed by atoms with Crippen molar-refractivity contribution in [2.24, 2.45) is 0 Å². The summed E-state index contributed by atoms with van der Waals surface area (Å²) in [6, 6.07) is 0.188. The molecule has 0 aliphatic heterocycles. The molecule has 0 spiro atoms. The van der Waals surface area contributed by atoms with Crippen molar-refractivity contribution in [3.8, 4) is 11.5 Å². The van der Waals surface area contributed by atoms with Crippen LogP contribution in [0.15, 0.2) is 12.1 Å². The highest BCUT2D eigenvalue weighted by Gasteiger charge is 2.66. The molecule has 0 aliphatic carbocycles. The lowest BCUT2D eigenvalue weighted by Crippen LogP contribution is -2.31. The van der Waals surface area contributed by atoms with Crippen LogP contribution in [0.1, 0.15) is 13.3 Å². The molecule has 0 amide bonds. The maximum absolute atomic E-state index is 12.9. The molecule has 1 rings (SSSR count). The summed E-state index contributed by atoms with van der Waals surface area (Å²) in [7, 11) is -37.3. The topological polar surface area (TPSA) is 381 Å². The van der Waals surface area contributed by atoms with Crippen molar-refractivity contribution in [2.45, 2.75) is 23.8 Å². The molecular weight excluding hydrogens is 654 g/mol. The molecule has 21 nitrogen and oxygen atoms in total. The maximum Gasteiger partial charge on any atom is 0.379 e. The first-order valence-electron chi connectivity index (χ1n) is 8.85. The van der Waals surface area contributed by atoms with Crippen LogP contribution in [0, 0.1) is 0 Å².